The van der Waals surface area contributed by atoms with Crippen molar-refractivity contribution in [2.75, 3.05) is 36.9 Å². The van der Waals surface area contributed by atoms with Gasteiger partial charge in [0.25, 0.3) is 0 Å². The highest BCUT2D eigenvalue weighted by atomic mass is 32.2. The van der Waals surface area contributed by atoms with Gasteiger partial charge in [0.1, 0.15) is 11.5 Å². The topological polar surface area (TPSA) is 163 Å². The lowest BCUT2D eigenvalue weighted by Crippen LogP contribution is -2.54. The molecular formula is C29H29N6O6S-. The fourth-order valence-corrected chi connectivity index (χ4v) is 5.18. The van der Waals surface area contributed by atoms with Crippen molar-refractivity contribution in [2.24, 2.45) is 11.7 Å². The third-order valence-electron chi connectivity index (χ3n) is 6.92. The van der Waals surface area contributed by atoms with Crippen LogP contribution in [0.25, 0.3) is 11.0 Å². The van der Waals surface area contributed by atoms with Crippen molar-refractivity contribution in [1.82, 2.24) is 14.9 Å². The number of primary amides is 1. The van der Waals surface area contributed by atoms with Crippen LogP contribution in [-0.4, -0.2) is 62.8 Å². The largest absolute Gasteiger partial charge is 0.755 e. The first-order valence-corrected chi connectivity index (χ1v) is 14.1. The molecule has 1 aliphatic heterocycles. The number of para-hydroxylation sites is 2. The van der Waals surface area contributed by atoms with Crippen molar-refractivity contribution in [3.8, 4) is 11.5 Å². The predicted octanol–water partition coefficient (Wildman–Crippen LogP) is 3.20. The predicted molar refractivity (Wildman–Crippen MR) is 157 cm³/mol. The maximum absolute atomic E-state index is 12.7. The summed E-state index contributed by atoms with van der Waals surface area (Å²) in [6, 6.07) is 19.2. The Hall–Kier alpha value is -4.75. The van der Waals surface area contributed by atoms with Crippen LogP contribution < -0.4 is 24.8 Å². The maximum atomic E-state index is 12.7. The minimum atomic E-state index is -2.79. The van der Waals surface area contributed by atoms with Crippen LogP contribution in [0.4, 0.5) is 23.0 Å². The first kappa shape index (κ1) is 28.8. The van der Waals surface area contributed by atoms with E-state index in [-0.39, 0.29) is 29.9 Å². The van der Waals surface area contributed by atoms with Gasteiger partial charge in [-0.25, -0.2) is 9.97 Å². The number of hydrogen-bond donors (Lipinski definition) is 2. The lowest BCUT2D eigenvalue weighted by molar-refractivity contribution is -0.141. The normalized spacial score (nSPS) is 13.7. The molecule has 0 aliphatic carbocycles. The number of ether oxygens (including phenoxy) is 2. The van der Waals surface area contributed by atoms with E-state index in [2.05, 4.69) is 10.3 Å². The number of aryl methyl sites for hydroxylation is 1. The second kappa shape index (κ2) is 12.4. The minimum absolute atomic E-state index is 0.0510. The van der Waals surface area contributed by atoms with E-state index in [1.807, 2.05) is 12.1 Å². The molecule has 4 aromatic rings. The molecule has 5 rings (SSSR count). The zero-order valence-corrected chi connectivity index (χ0v) is 23.8. The maximum Gasteiger partial charge on any atom is 0.224 e. The first-order valence-electron chi connectivity index (χ1n) is 13.1. The Kier molecular flexibility index (Phi) is 8.50. The number of aromatic nitrogens is 2. The number of hydrogen-bond acceptors (Lipinski definition) is 9. The Labute approximate surface area is 244 Å². The molecule has 2 amide bonds. The molecule has 0 radical (unpaired) electrons. The number of rotatable bonds is 11. The molecule has 3 N–H and O–H groups in total. The molecule has 0 saturated carbocycles. The molecule has 1 saturated heterocycles. The molecule has 0 spiro atoms. The smallest absolute Gasteiger partial charge is 0.224 e. The average Bonchev–Trinajstić information content (AvgIpc) is 2.95. The van der Waals surface area contributed by atoms with Crippen molar-refractivity contribution in [3.05, 3.63) is 72.3 Å². The fourth-order valence-electron chi connectivity index (χ4n) is 4.62. The van der Waals surface area contributed by atoms with E-state index in [0.717, 1.165) is 9.87 Å². The summed E-state index contributed by atoms with van der Waals surface area (Å²) in [5.41, 5.74) is 7.98. The Balaban J connectivity index is 1.46. The first-order chi connectivity index (χ1) is 20.2. The van der Waals surface area contributed by atoms with Gasteiger partial charge in [0.05, 0.1) is 48.1 Å². The molecule has 218 valence electrons. The van der Waals surface area contributed by atoms with Gasteiger partial charge in [-0.15, -0.1) is 0 Å². The molecule has 1 aromatic heterocycles. The third kappa shape index (κ3) is 6.26. The molecule has 2 heterocycles. The van der Waals surface area contributed by atoms with E-state index in [9.17, 15) is 18.4 Å². The van der Waals surface area contributed by atoms with Gasteiger partial charge in [-0.05, 0) is 36.2 Å². The summed E-state index contributed by atoms with van der Waals surface area (Å²) in [5.74, 6) is 0.493. The Morgan fingerprint density at radius 2 is 1.69 bits per heavy atom. The van der Waals surface area contributed by atoms with Crippen LogP contribution in [0, 0.1) is 5.92 Å². The Morgan fingerprint density at radius 3 is 2.31 bits per heavy atom. The lowest BCUT2D eigenvalue weighted by atomic mass is 9.98. The number of carbonyl (C=O) groups excluding carboxylic acids is 2. The van der Waals surface area contributed by atoms with Gasteiger partial charge in [-0.1, -0.05) is 24.3 Å². The summed E-state index contributed by atoms with van der Waals surface area (Å²) >= 11 is -2.79. The highest BCUT2D eigenvalue weighted by molar-refractivity contribution is 7.81. The number of nitrogens with two attached hydrogens (primary N) is 1. The van der Waals surface area contributed by atoms with Gasteiger partial charge >= 0.3 is 0 Å². The number of nitrogens with one attached hydrogen (secondary N) is 1. The van der Waals surface area contributed by atoms with Crippen LogP contribution in [-0.2, 0) is 27.3 Å². The van der Waals surface area contributed by atoms with Crippen molar-refractivity contribution < 1.29 is 27.8 Å². The number of methoxy groups -OCH3 is 2. The Morgan fingerprint density at radius 1 is 1.02 bits per heavy atom. The molecular weight excluding hydrogens is 560 g/mol. The number of amides is 2. The highest BCUT2D eigenvalue weighted by Crippen LogP contribution is 2.36. The molecule has 1 atom stereocenters. The van der Waals surface area contributed by atoms with Gasteiger partial charge in [-0.3, -0.25) is 18.1 Å². The minimum Gasteiger partial charge on any atom is -0.755 e. The van der Waals surface area contributed by atoms with E-state index in [1.165, 1.54) is 14.2 Å². The molecule has 12 nitrogen and oxygen atoms in total. The van der Waals surface area contributed by atoms with E-state index >= 15 is 0 Å². The molecule has 13 heteroatoms. The van der Waals surface area contributed by atoms with Crippen LogP contribution in [0.2, 0.25) is 0 Å². The summed E-state index contributed by atoms with van der Waals surface area (Å²) < 4.78 is 37.3. The third-order valence-corrected chi connectivity index (χ3v) is 7.60. The molecule has 0 bridgehead atoms. The van der Waals surface area contributed by atoms with Crippen molar-refractivity contribution >= 4 is 57.1 Å². The Bertz CT molecular complexity index is 1640. The second-order valence-electron chi connectivity index (χ2n) is 9.69. The quantitative estimate of drug-likeness (QED) is 0.250. The standard InChI is InChI=1S/C29H30N6O6S/c1-40-22-13-20(14-23(15-22)41-2)31-28-29(33-25-9-4-3-8-24(25)32-28)35(42(38)39)21-7-5-6-18(12-21)10-11-26(36)34-16-19(17-34)27(30)37/h3-9,12-15,19H,10-11,16-17H2,1-2H3,(H2,30,37)(H,31,32)(H,38,39)/p-1. The second-order valence-corrected chi connectivity index (χ2v) is 10.5. The number of likely N-dealkylation sites (tertiary alicyclic amines) is 1. The summed E-state index contributed by atoms with van der Waals surface area (Å²) in [5, 5.41) is 3.18. The average molecular weight is 590 g/mol. The number of nitrogens with zero attached hydrogens (tertiary/aromatic N) is 4. The molecule has 3 aromatic carbocycles. The van der Waals surface area contributed by atoms with Crippen LogP contribution in [0.15, 0.2) is 66.7 Å². The van der Waals surface area contributed by atoms with Gasteiger partial charge < -0.3 is 30.0 Å². The SMILES string of the molecule is COc1cc(Nc2nc3ccccc3nc2N(c2cccc(CCC(=O)N3CC(C(N)=O)C3)c2)S(=O)[O-])cc(OC)c1. The molecule has 1 fully saturated rings. The zero-order valence-electron chi connectivity index (χ0n) is 23.0. The zero-order chi connectivity index (χ0) is 29.8. The van der Waals surface area contributed by atoms with Crippen molar-refractivity contribution in [3.63, 3.8) is 0 Å². The molecule has 1 unspecified atom stereocenters. The molecule has 42 heavy (non-hydrogen) atoms. The van der Waals surface area contributed by atoms with Gasteiger partial charge in [0, 0.05) is 43.4 Å². The summed E-state index contributed by atoms with van der Waals surface area (Å²) in [4.78, 5) is 34.8. The lowest BCUT2D eigenvalue weighted by Gasteiger charge is -2.37. The number of benzene rings is 3. The van der Waals surface area contributed by atoms with E-state index < -0.39 is 17.2 Å². The van der Waals surface area contributed by atoms with Crippen LogP contribution in [0.3, 0.4) is 0 Å². The van der Waals surface area contributed by atoms with Crippen LogP contribution in [0.1, 0.15) is 12.0 Å². The van der Waals surface area contributed by atoms with Gasteiger partial charge in [0.15, 0.2) is 11.6 Å². The number of carbonyl (C=O) groups is 2. The highest BCUT2D eigenvalue weighted by Gasteiger charge is 2.33. The van der Waals surface area contributed by atoms with E-state index in [0.29, 0.717) is 53.4 Å². The molecule has 1 aliphatic rings. The van der Waals surface area contributed by atoms with Crippen LogP contribution in [0.5, 0.6) is 11.5 Å². The monoisotopic (exact) mass is 589 g/mol. The van der Waals surface area contributed by atoms with Gasteiger partial charge in [-0.2, -0.15) is 0 Å². The van der Waals surface area contributed by atoms with Crippen LogP contribution >= 0.6 is 0 Å². The summed E-state index contributed by atoms with van der Waals surface area (Å²) in [6.07, 6.45) is 0.581. The van der Waals surface area contributed by atoms with E-state index in [4.69, 9.17) is 20.2 Å². The van der Waals surface area contributed by atoms with E-state index in [1.54, 1.807) is 59.5 Å². The van der Waals surface area contributed by atoms with Crippen molar-refractivity contribution in [2.45, 2.75) is 12.8 Å². The van der Waals surface area contributed by atoms with Gasteiger partial charge in [0.2, 0.25) is 11.8 Å². The van der Waals surface area contributed by atoms with Crippen molar-refractivity contribution in [1.29, 1.82) is 0 Å². The number of fused-ring (bicyclic) bond motifs is 1. The summed E-state index contributed by atoms with van der Waals surface area (Å²) in [7, 11) is 3.06. The fraction of sp³-hybridized carbons (Fsp3) is 0.241. The number of anilines is 4. The summed E-state index contributed by atoms with van der Waals surface area (Å²) in [6.45, 7) is 0.652.